The second-order valence-corrected chi connectivity index (χ2v) is 9.98. The molecular formula is C27H34BN3O4. The molecule has 0 unspecified atom stereocenters. The van der Waals surface area contributed by atoms with E-state index >= 15 is 0 Å². The fourth-order valence-electron chi connectivity index (χ4n) is 4.07. The summed E-state index contributed by atoms with van der Waals surface area (Å²) in [4.78, 5) is 15.0. The van der Waals surface area contributed by atoms with Gasteiger partial charge in [-0.15, -0.1) is 0 Å². The van der Waals surface area contributed by atoms with Crippen LogP contribution in [0.4, 0.5) is 5.69 Å². The van der Waals surface area contributed by atoms with Crippen LogP contribution in [0.15, 0.2) is 60.8 Å². The first-order valence-electron chi connectivity index (χ1n) is 12.0. The van der Waals surface area contributed by atoms with E-state index in [1.807, 2.05) is 83.1 Å². The molecule has 0 bridgehead atoms. The van der Waals surface area contributed by atoms with Crippen molar-refractivity contribution in [3.05, 3.63) is 77.6 Å². The number of aryl methyl sites for hydroxylation is 1. The molecule has 0 aliphatic carbocycles. The molecule has 0 spiro atoms. The van der Waals surface area contributed by atoms with Crippen LogP contribution in [0.25, 0.3) is 0 Å². The van der Waals surface area contributed by atoms with Crippen molar-refractivity contribution in [1.82, 2.24) is 9.78 Å². The Bertz CT molecular complexity index is 1160. The van der Waals surface area contributed by atoms with E-state index in [0.717, 1.165) is 22.3 Å². The van der Waals surface area contributed by atoms with Crippen LogP contribution in [0.2, 0.25) is 0 Å². The van der Waals surface area contributed by atoms with Gasteiger partial charge < -0.3 is 18.9 Å². The second-order valence-electron chi connectivity index (χ2n) is 9.98. The number of benzene rings is 2. The van der Waals surface area contributed by atoms with E-state index in [-0.39, 0.29) is 5.91 Å². The average Bonchev–Trinajstić information content (AvgIpc) is 3.37. The van der Waals surface area contributed by atoms with Gasteiger partial charge in [-0.3, -0.25) is 9.48 Å². The number of anilines is 1. The van der Waals surface area contributed by atoms with Gasteiger partial charge in [-0.1, -0.05) is 42.5 Å². The molecule has 1 aliphatic heterocycles. The molecular weight excluding hydrogens is 441 g/mol. The monoisotopic (exact) mass is 475 g/mol. The summed E-state index contributed by atoms with van der Waals surface area (Å²) in [5.74, 6) is -0.128. The molecule has 1 aromatic heterocycles. The molecule has 0 atom stereocenters. The van der Waals surface area contributed by atoms with Gasteiger partial charge in [-0.25, -0.2) is 0 Å². The maximum Gasteiger partial charge on any atom is 0.494 e. The van der Waals surface area contributed by atoms with Gasteiger partial charge in [0, 0.05) is 18.9 Å². The minimum absolute atomic E-state index is 0.128. The number of hydrogen-bond acceptors (Lipinski definition) is 5. The highest BCUT2D eigenvalue weighted by Gasteiger charge is 2.51. The predicted octanol–water partition coefficient (Wildman–Crippen LogP) is 3.98. The number of ether oxygens (including phenoxy) is 1. The second kappa shape index (κ2) is 9.97. The van der Waals surface area contributed by atoms with Crippen LogP contribution in [0.3, 0.4) is 0 Å². The Labute approximate surface area is 208 Å². The van der Waals surface area contributed by atoms with Crippen molar-refractivity contribution in [3.8, 4) is 0 Å². The van der Waals surface area contributed by atoms with Gasteiger partial charge in [0.05, 0.1) is 31.0 Å². The Balaban J connectivity index is 1.41. The smallest absolute Gasteiger partial charge is 0.399 e. The summed E-state index contributed by atoms with van der Waals surface area (Å²) in [6.07, 6.45) is 1.65. The van der Waals surface area contributed by atoms with E-state index in [0.29, 0.717) is 25.5 Å². The van der Waals surface area contributed by atoms with E-state index in [4.69, 9.17) is 14.0 Å². The van der Waals surface area contributed by atoms with Crippen molar-refractivity contribution in [1.29, 1.82) is 0 Å². The van der Waals surface area contributed by atoms with Crippen LogP contribution in [0, 0.1) is 6.92 Å². The van der Waals surface area contributed by atoms with Gasteiger partial charge in [-0.05, 0) is 63.3 Å². The number of carbonyl (C=O) groups excluding carboxylic acids is 1. The van der Waals surface area contributed by atoms with Crippen molar-refractivity contribution in [2.45, 2.75) is 59.0 Å². The highest BCUT2D eigenvalue weighted by atomic mass is 16.7. The van der Waals surface area contributed by atoms with Crippen LogP contribution in [-0.4, -0.2) is 47.7 Å². The molecule has 2 heterocycles. The van der Waals surface area contributed by atoms with E-state index in [1.54, 1.807) is 28.9 Å². The molecule has 4 rings (SSSR count). The number of carbonyl (C=O) groups is 1. The largest absolute Gasteiger partial charge is 0.494 e. The van der Waals surface area contributed by atoms with Gasteiger partial charge in [0.25, 0.3) is 5.91 Å². The third kappa shape index (κ3) is 5.35. The summed E-state index contributed by atoms with van der Waals surface area (Å²) in [7, 11) is 1.34. The van der Waals surface area contributed by atoms with Crippen LogP contribution < -0.4 is 10.4 Å². The molecule has 7 nitrogen and oxygen atoms in total. The molecule has 1 fully saturated rings. The van der Waals surface area contributed by atoms with E-state index in [9.17, 15) is 4.79 Å². The SMILES string of the molecule is Cc1cc(B2OC(C)(C)C(C)(C)O2)ccc1N(C)C(=O)c1ccnn1CCOCc1ccccc1. The maximum atomic E-state index is 13.3. The molecule has 1 saturated heterocycles. The summed E-state index contributed by atoms with van der Waals surface area (Å²) >= 11 is 0. The summed E-state index contributed by atoms with van der Waals surface area (Å²) in [5.41, 5.74) is 3.55. The summed E-state index contributed by atoms with van der Waals surface area (Å²) in [5, 5.41) is 4.33. The molecule has 0 saturated carbocycles. The van der Waals surface area contributed by atoms with Crippen molar-refractivity contribution in [2.24, 2.45) is 0 Å². The summed E-state index contributed by atoms with van der Waals surface area (Å²) < 4.78 is 19.8. The number of hydrogen-bond donors (Lipinski definition) is 0. The molecule has 184 valence electrons. The first-order valence-corrected chi connectivity index (χ1v) is 12.0. The van der Waals surface area contributed by atoms with Gasteiger partial charge in [0.1, 0.15) is 5.69 Å². The minimum Gasteiger partial charge on any atom is -0.399 e. The normalized spacial score (nSPS) is 16.5. The van der Waals surface area contributed by atoms with Gasteiger partial charge >= 0.3 is 7.12 Å². The van der Waals surface area contributed by atoms with Gasteiger partial charge in [-0.2, -0.15) is 5.10 Å². The third-order valence-corrected chi connectivity index (χ3v) is 6.91. The van der Waals surface area contributed by atoms with Gasteiger partial charge in [0.15, 0.2) is 0 Å². The molecule has 35 heavy (non-hydrogen) atoms. The highest BCUT2D eigenvalue weighted by Crippen LogP contribution is 2.36. The van der Waals surface area contributed by atoms with E-state index < -0.39 is 18.3 Å². The van der Waals surface area contributed by atoms with Crippen molar-refractivity contribution >= 4 is 24.2 Å². The summed E-state index contributed by atoms with van der Waals surface area (Å²) in [6.45, 7) is 11.6. The van der Waals surface area contributed by atoms with Crippen LogP contribution in [0.1, 0.15) is 49.3 Å². The van der Waals surface area contributed by atoms with Crippen molar-refractivity contribution < 1.29 is 18.8 Å². The molecule has 1 aliphatic rings. The Morgan fingerprint density at radius 2 is 1.74 bits per heavy atom. The summed E-state index contributed by atoms with van der Waals surface area (Å²) in [6, 6.07) is 17.7. The topological polar surface area (TPSA) is 65.8 Å². The molecule has 0 radical (unpaired) electrons. The standard InChI is InChI=1S/C27H34BN3O4/c1-20-18-22(28-34-26(2,3)27(4,5)35-28)12-13-23(20)30(6)25(32)24-14-15-29-31(24)16-17-33-19-21-10-8-7-9-11-21/h7-15,18H,16-17,19H2,1-6H3. The lowest BCUT2D eigenvalue weighted by Crippen LogP contribution is -2.41. The number of amides is 1. The Hall–Kier alpha value is -2.94. The zero-order valence-electron chi connectivity index (χ0n) is 21.4. The van der Waals surface area contributed by atoms with Crippen molar-refractivity contribution in [3.63, 3.8) is 0 Å². The lowest BCUT2D eigenvalue weighted by molar-refractivity contribution is 0.00578. The fourth-order valence-corrected chi connectivity index (χ4v) is 4.07. The molecule has 3 aromatic rings. The van der Waals surface area contributed by atoms with Gasteiger partial charge in [0.2, 0.25) is 0 Å². The third-order valence-electron chi connectivity index (χ3n) is 6.91. The zero-order chi connectivity index (χ0) is 25.2. The Kier molecular flexibility index (Phi) is 7.17. The van der Waals surface area contributed by atoms with Crippen molar-refractivity contribution in [2.75, 3.05) is 18.6 Å². The zero-order valence-corrected chi connectivity index (χ0v) is 21.4. The first kappa shape index (κ1) is 25.2. The molecule has 8 heteroatoms. The highest BCUT2D eigenvalue weighted by molar-refractivity contribution is 6.62. The molecule has 2 aromatic carbocycles. The number of rotatable bonds is 8. The minimum atomic E-state index is -0.439. The lowest BCUT2D eigenvalue weighted by atomic mass is 9.78. The van der Waals surface area contributed by atoms with E-state index in [2.05, 4.69) is 5.10 Å². The van der Waals surface area contributed by atoms with Crippen LogP contribution in [0.5, 0.6) is 0 Å². The predicted molar refractivity (Wildman–Crippen MR) is 138 cm³/mol. The Morgan fingerprint density at radius 3 is 2.40 bits per heavy atom. The Morgan fingerprint density at radius 1 is 1.06 bits per heavy atom. The average molecular weight is 475 g/mol. The van der Waals surface area contributed by atoms with E-state index in [1.165, 1.54) is 0 Å². The maximum absolute atomic E-state index is 13.3. The lowest BCUT2D eigenvalue weighted by Gasteiger charge is -2.32. The molecule has 1 amide bonds. The fraction of sp³-hybridized carbons (Fsp3) is 0.407. The number of aromatic nitrogens is 2. The number of nitrogens with zero attached hydrogens (tertiary/aromatic N) is 3. The quantitative estimate of drug-likeness (QED) is 0.364. The molecule has 0 N–H and O–H groups in total. The van der Waals surface area contributed by atoms with Crippen LogP contribution in [-0.2, 0) is 27.2 Å². The first-order chi connectivity index (χ1) is 16.6. The van der Waals surface area contributed by atoms with Crippen LogP contribution >= 0.6 is 0 Å².